The molecule has 0 spiro atoms. The molecule has 0 radical (unpaired) electrons. The number of unbranched alkanes of at least 4 members (excludes halogenated alkanes) is 3. The van der Waals surface area contributed by atoms with E-state index in [9.17, 15) is 9.59 Å². The molecule has 4 rings (SSSR count). The molecule has 1 aliphatic heterocycles. The van der Waals surface area contributed by atoms with Crippen molar-refractivity contribution >= 4 is 29.0 Å². The number of aryl methyl sites for hydroxylation is 4. The van der Waals surface area contributed by atoms with E-state index in [-0.39, 0.29) is 11.8 Å². The van der Waals surface area contributed by atoms with Crippen LogP contribution in [0.4, 0.5) is 17.2 Å². The summed E-state index contributed by atoms with van der Waals surface area (Å²) in [7, 11) is 3.69. The molecule has 0 bridgehead atoms. The van der Waals surface area contributed by atoms with E-state index < -0.39 is 0 Å². The molecule has 3 aromatic rings. The van der Waals surface area contributed by atoms with Crippen LogP contribution in [0.3, 0.4) is 0 Å². The largest absolute Gasteiger partial charge is 0.340 e. The van der Waals surface area contributed by atoms with Gasteiger partial charge in [0.25, 0.3) is 5.91 Å². The zero-order valence-electron chi connectivity index (χ0n) is 25.4. The highest BCUT2D eigenvalue weighted by Crippen LogP contribution is 2.30. The third kappa shape index (κ3) is 7.76. The van der Waals surface area contributed by atoms with Crippen molar-refractivity contribution in [2.24, 2.45) is 7.05 Å². The molecule has 8 nitrogen and oxygen atoms in total. The normalized spacial score (nSPS) is 13.8. The van der Waals surface area contributed by atoms with Crippen LogP contribution in [0.15, 0.2) is 48.7 Å². The molecule has 0 saturated carbocycles. The van der Waals surface area contributed by atoms with Gasteiger partial charge < -0.3 is 15.1 Å². The zero-order chi connectivity index (χ0) is 29.4. The first-order chi connectivity index (χ1) is 19.8. The van der Waals surface area contributed by atoms with Crippen LogP contribution in [0, 0.1) is 13.8 Å². The molecule has 0 atom stereocenters. The van der Waals surface area contributed by atoms with Crippen molar-refractivity contribution in [3.8, 4) is 0 Å². The molecule has 2 heterocycles. The fourth-order valence-corrected chi connectivity index (χ4v) is 5.52. The van der Waals surface area contributed by atoms with Crippen molar-refractivity contribution in [3.63, 3.8) is 0 Å². The lowest BCUT2D eigenvalue weighted by molar-refractivity contribution is -0.132. The van der Waals surface area contributed by atoms with Gasteiger partial charge >= 0.3 is 0 Å². The molecule has 1 fully saturated rings. The van der Waals surface area contributed by atoms with Crippen molar-refractivity contribution < 1.29 is 9.59 Å². The Kier molecular flexibility index (Phi) is 10.6. The molecule has 220 valence electrons. The Hall–Kier alpha value is -3.65. The third-order valence-corrected chi connectivity index (χ3v) is 8.20. The molecule has 2 aromatic carbocycles. The number of anilines is 3. The molecule has 8 heteroatoms. The lowest BCUT2D eigenvalue weighted by atomic mass is 10.00. The van der Waals surface area contributed by atoms with Crippen LogP contribution in [-0.4, -0.2) is 71.2 Å². The number of carbonyl (C=O) groups is 2. The number of nitrogens with zero attached hydrogens (tertiary/aromatic N) is 5. The number of nitrogens with one attached hydrogen (secondary N) is 1. The first-order valence-electron chi connectivity index (χ1n) is 15.0. The summed E-state index contributed by atoms with van der Waals surface area (Å²) in [5, 5.41) is 7.74. The number of carbonyl (C=O) groups excluding carboxylic acids is 2. The summed E-state index contributed by atoms with van der Waals surface area (Å²) >= 11 is 0. The molecule has 0 aliphatic carbocycles. The van der Waals surface area contributed by atoms with Crippen molar-refractivity contribution in [1.29, 1.82) is 0 Å². The van der Waals surface area contributed by atoms with Gasteiger partial charge in [0.05, 0.1) is 17.6 Å². The average molecular weight is 559 g/mol. The Morgan fingerprint density at radius 3 is 2.41 bits per heavy atom. The molecule has 41 heavy (non-hydrogen) atoms. The summed E-state index contributed by atoms with van der Waals surface area (Å²) in [6.07, 6.45) is 8.11. The fourth-order valence-electron chi connectivity index (χ4n) is 5.52. The molecule has 2 amide bonds. The fraction of sp³-hybridized carbons (Fsp3) is 0.485. The molecule has 0 unspecified atom stereocenters. The van der Waals surface area contributed by atoms with E-state index in [1.165, 1.54) is 25.7 Å². The third-order valence-electron chi connectivity index (χ3n) is 8.20. The first-order valence-corrected chi connectivity index (χ1v) is 15.0. The van der Waals surface area contributed by atoms with Gasteiger partial charge in [0.15, 0.2) is 0 Å². The maximum Gasteiger partial charge on any atom is 0.258 e. The van der Waals surface area contributed by atoms with Crippen LogP contribution >= 0.6 is 0 Å². The van der Waals surface area contributed by atoms with Crippen molar-refractivity contribution in [2.45, 2.75) is 59.3 Å². The monoisotopic (exact) mass is 558 g/mol. The number of benzene rings is 2. The molecule has 1 N–H and O–H groups in total. The van der Waals surface area contributed by atoms with E-state index in [0.717, 1.165) is 66.6 Å². The maximum atomic E-state index is 13.5. The summed E-state index contributed by atoms with van der Waals surface area (Å²) in [6, 6.07) is 13.6. The van der Waals surface area contributed by atoms with E-state index >= 15 is 0 Å². The van der Waals surface area contributed by atoms with Gasteiger partial charge in [0.1, 0.15) is 5.82 Å². The Morgan fingerprint density at radius 2 is 1.73 bits per heavy atom. The molecular weight excluding hydrogens is 512 g/mol. The Labute approximate surface area is 245 Å². The minimum absolute atomic E-state index is 0.0840. The summed E-state index contributed by atoms with van der Waals surface area (Å²) < 4.78 is 1.79. The predicted octanol–water partition coefficient (Wildman–Crippen LogP) is 5.71. The highest BCUT2D eigenvalue weighted by molar-refractivity contribution is 6.07. The number of hydrogen-bond donors (Lipinski definition) is 1. The van der Waals surface area contributed by atoms with Crippen LogP contribution in [0.2, 0.25) is 0 Å². The molecule has 1 saturated heterocycles. The molecular formula is C33H46N6O2. The van der Waals surface area contributed by atoms with Crippen LogP contribution < -0.4 is 10.2 Å². The highest BCUT2D eigenvalue weighted by Gasteiger charge is 2.22. The average Bonchev–Trinajstić information content (AvgIpc) is 3.30. The highest BCUT2D eigenvalue weighted by atomic mass is 16.2. The SMILES string of the molecule is CCCCCCN1CCN(C(=O)CCc2ccc(C(=O)N(C)c3ccccc3Nc3c(C)cnn3C)cc2C)CC1. The van der Waals surface area contributed by atoms with Gasteiger partial charge in [0, 0.05) is 57.8 Å². The maximum absolute atomic E-state index is 13.5. The Balaban J connectivity index is 1.32. The van der Waals surface area contributed by atoms with Crippen molar-refractivity contribution in [3.05, 3.63) is 70.9 Å². The minimum Gasteiger partial charge on any atom is -0.340 e. The van der Waals surface area contributed by atoms with Gasteiger partial charge in [-0.25, -0.2) is 0 Å². The van der Waals surface area contributed by atoms with Gasteiger partial charge in [0.2, 0.25) is 5.91 Å². The van der Waals surface area contributed by atoms with Gasteiger partial charge in [-0.15, -0.1) is 0 Å². The van der Waals surface area contributed by atoms with Crippen molar-refractivity contribution in [2.75, 3.05) is 50.0 Å². The van der Waals surface area contributed by atoms with Gasteiger partial charge in [-0.1, -0.05) is 44.4 Å². The second kappa shape index (κ2) is 14.3. The number of aromatic nitrogens is 2. The van der Waals surface area contributed by atoms with E-state index in [2.05, 4.69) is 22.2 Å². The Morgan fingerprint density at radius 1 is 0.976 bits per heavy atom. The van der Waals surface area contributed by atoms with Gasteiger partial charge in [-0.3, -0.25) is 19.2 Å². The lowest BCUT2D eigenvalue weighted by Gasteiger charge is -2.34. The number of para-hydroxylation sites is 2. The quantitative estimate of drug-likeness (QED) is 0.288. The lowest BCUT2D eigenvalue weighted by Crippen LogP contribution is -2.48. The van der Waals surface area contributed by atoms with Crippen LogP contribution in [0.25, 0.3) is 0 Å². The number of rotatable bonds is 12. The first kappa shape index (κ1) is 30.3. The number of hydrogen-bond acceptors (Lipinski definition) is 5. The second-order valence-electron chi connectivity index (χ2n) is 11.2. The summed E-state index contributed by atoms with van der Waals surface area (Å²) in [5.41, 5.74) is 5.42. The van der Waals surface area contributed by atoms with Crippen LogP contribution in [0.1, 0.15) is 66.1 Å². The van der Waals surface area contributed by atoms with E-state index in [1.54, 1.807) is 16.6 Å². The second-order valence-corrected chi connectivity index (χ2v) is 11.2. The van der Waals surface area contributed by atoms with Crippen LogP contribution in [0.5, 0.6) is 0 Å². The van der Waals surface area contributed by atoms with Gasteiger partial charge in [-0.05, 0) is 68.6 Å². The summed E-state index contributed by atoms with van der Waals surface area (Å²) in [5.74, 6) is 1.03. The van der Waals surface area contributed by atoms with E-state index in [1.807, 2.05) is 74.5 Å². The number of piperazine rings is 1. The number of amides is 2. The zero-order valence-corrected chi connectivity index (χ0v) is 25.4. The minimum atomic E-state index is -0.0840. The van der Waals surface area contributed by atoms with Crippen molar-refractivity contribution in [1.82, 2.24) is 19.6 Å². The van der Waals surface area contributed by atoms with E-state index in [0.29, 0.717) is 18.4 Å². The van der Waals surface area contributed by atoms with Gasteiger partial charge in [-0.2, -0.15) is 5.10 Å². The Bertz CT molecular complexity index is 1310. The molecule has 1 aromatic heterocycles. The predicted molar refractivity (Wildman–Crippen MR) is 167 cm³/mol. The summed E-state index contributed by atoms with van der Waals surface area (Å²) in [6.45, 7) is 11.0. The summed E-state index contributed by atoms with van der Waals surface area (Å²) in [4.78, 5) is 32.6. The standard InChI is InChI=1S/C33H46N6O2/c1-6-7-8-11-18-38-19-21-39(22-20-38)31(40)17-16-27-14-15-28(23-25(27)2)33(41)36(4)30-13-10-9-12-29(30)35-32-26(3)24-34-37(32)5/h9-10,12-15,23-24,35H,6-8,11,16-22H2,1-5H3. The van der Waals surface area contributed by atoms with Crippen LogP contribution in [-0.2, 0) is 18.3 Å². The molecule has 1 aliphatic rings. The topological polar surface area (TPSA) is 73.7 Å². The van der Waals surface area contributed by atoms with E-state index in [4.69, 9.17) is 0 Å². The smallest absolute Gasteiger partial charge is 0.258 e.